The van der Waals surface area contributed by atoms with E-state index in [2.05, 4.69) is 10.3 Å². The maximum absolute atomic E-state index is 13.3. The zero-order valence-electron chi connectivity index (χ0n) is 19.3. The predicted molar refractivity (Wildman–Crippen MR) is 134 cm³/mol. The van der Waals surface area contributed by atoms with Gasteiger partial charge in [0.2, 0.25) is 5.91 Å². The number of sulfone groups is 1. The Labute approximate surface area is 206 Å². The molecule has 1 heterocycles. The Kier molecular flexibility index (Phi) is 8.20. The molecule has 0 bridgehead atoms. The van der Waals surface area contributed by atoms with Crippen LogP contribution in [0.25, 0.3) is 0 Å². The average molecular weight is 491 g/mol. The van der Waals surface area contributed by atoms with Crippen molar-refractivity contribution in [2.75, 3.05) is 5.75 Å². The normalized spacial score (nSPS) is 15.1. The summed E-state index contributed by atoms with van der Waals surface area (Å²) >= 11 is 0. The first-order valence-corrected chi connectivity index (χ1v) is 13.3. The third kappa shape index (κ3) is 7.41. The molecule has 0 aliphatic heterocycles. The maximum atomic E-state index is 13.3. The highest BCUT2D eigenvalue weighted by Gasteiger charge is 2.31. The van der Waals surface area contributed by atoms with Crippen LogP contribution in [0.5, 0.6) is 11.5 Å². The highest BCUT2D eigenvalue weighted by molar-refractivity contribution is 7.91. The van der Waals surface area contributed by atoms with E-state index < -0.39 is 21.7 Å². The molecule has 1 amide bonds. The van der Waals surface area contributed by atoms with Crippen molar-refractivity contribution in [3.63, 3.8) is 0 Å². The molecule has 1 aliphatic carbocycles. The van der Waals surface area contributed by atoms with Gasteiger partial charge in [-0.3, -0.25) is 9.78 Å². The van der Waals surface area contributed by atoms with Crippen molar-refractivity contribution in [3.8, 4) is 11.5 Å². The van der Waals surface area contributed by atoms with Crippen LogP contribution in [0.2, 0.25) is 0 Å². The van der Waals surface area contributed by atoms with Gasteiger partial charge in [-0.15, -0.1) is 0 Å². The molecule has 1 aromatic heterocycles. The number of aromatic nitrogens is 1. The predicted octanol–water partition coefficient (Wildman–Crippen LogP) is 3.36. The molecule has 0 unspecified atom stereocenters. The van der Waals surface area contributed by atoms with Gasteiger partial charge >= 0.3 is 7.48 Å². The smallest absolute Gasteiger partial charge is 0.311 e. The van der Waals surface area contributed by atoms with Crippen LogP contribution in [0.4, 0.5) is 0 Å². The van der Waals surface area contributed by atoms with Gasteiger partial charge in [0.25, 0.3) is 0 Å². The van der Waals surface area contributed by atoms with Crippen LogP contribution in [-0.2, 0) is 21.1 Å². The Balaban J connectivity index is 1.48. The Bertz CT molecular complexity index is 1200. The minimum atomic E-state index is -3.77. The highest BCUT2D eigenvalue weighted by atomic mass is 32.2. The van der Waals surface area contributed by atoms with Crippen molar-refractivity contribution in [3.05, 3.63) is 84.7 Å². The number of nitrogens with one attached hydrogen (secondary N) is 1. The van der Waals surface area contributed by atoms with E-state index in [4.69, 9.17) is 4.74 Å². The fourth-order valence-corrected chi connectivity index (χ4v) is 5.46. The summed E-state index contributed by atoms with van der Waals surface area (Å²) in [6.07, 6.45) is 6.32. The molecule has 181 valence electrons. The standard InChI is InChI=1S/C26H28BN2O5S/c30-26(29-25(27-31)17-20-6-7-20)21(16-19-4-2-1-3-5-19)18-35(32,33)24-10-8-22(9-11-24)34-23-12-14-28-15-13-23/h1-5,8-15,20-21,25,31H,6-7,16-18H2,(H,29,30)/t21-,25+/m1/s1. The highest BCUT2D eigenvalue weighted by Crippen LogP contribution is 2.33. The molecule has 7 nitrogen and oxygen atoms in total. The molecule has 1 aliphatic rings. The summed E-state index contributed by atoms with van der Waals surface area (Å²) in [4.78, 5) is 17.2. The Hall–Kier alpha value is -3.17. The van der Waals surface area contributed by atoms with Gasteiger partial charge in [0.15, 0.2) is 9.84 Å². The molecule has 2 atom stereocenters. The first-order chi connectivity index (χ1) is 16.9. The van der Waals surface area contributed by atoms with Crippen molar-refractivity contribution >= 4 is 23.2 Å². The van der Waals surface area contributed by atoms with Crippen molar-refractivity contribution in [2.24, 2.45) is 11.8 Å². The summed E-state index contributed by atoms with van der Waals surface area (Å²) in [5.41, 5.74) is 0.871. The van der Waals surface area contributed by atoms with Gasteiger partial charge in [-0.25, -0.2) is 8.42 Å². The summed E-state index contributed by atoms with van der Waals surface area (Å²) in [6.45, 7) is 0. The number of benzene rings is 2. The first kappa shape index (κ1) is 24.9. The average Bonchev–Trinajstić information content (AvgIpc) is 3.69. The number of amides is 1. The molecule has 2 N–H and O–H groups in total. The molecule has 0 saturated heterocycles. The van der Waals surface area contributed by atoms with Crippen LogP contribution in [0.3, 0.4) is 0 Å². The third-order valence-electron chi connectivity index (χ3n) is 5.98. The second kappa shape index (κ2) is 11.5. The van der Waals surface area contributed by atoms with Gasteiger partial charge in [0, 0.05) is 18.3 Å². The van der Waals surface area contributed by atoms with Crippen LogP contribution in [0.1, 0.15) is 24.8 Å². The third-order valence-corrected chi connectivity index (χ3v) is 7.81. The molecule has 1 radical (unpaired) electrons. The monoisotopic (exact) mass is 491 g/mol. The van der Waals surface area contributed by atoms with Gasteiger partial charge in [-0.1, -0.05) is 43.2 Å². The Morgan fingerprint density at radius 3 is 2.31 bits per heavy atom. The molecule has 0 spiro atoms. The summed E-state index contributed by atoms with van der Waals surface area (Å²) in [7, 11) is -2.77. The molecule has 1 fully saturated rings. The van der Waals surface area contributed by atoms with Crippen LogP contribution in [0, 0.1) is 11.8 Å². The van der Waals surface area contributed by atoms with Gasteiger partial charge in [-0.2, -0.15) is 0 Å². The van der Waals surface area contributed by atoms with E-state index in [1.165, 1.54) is 12.1 Å². The SMILES string of the molecule is O=C(N[C@H]([B]O)CC1CC1)[C@H](Cc1ccccc1)CS(=O)(=O)c1ccc(Oc2ccncc2)cc1. The lowest BCUT2D eigenvalue weighted by Crippen LogP contribution is -2.45. The minimum absolute atomic E-state index is 0.119. The lowest BCUT2D eigenvalue weighted by atomic mass is 9.83. The quantitative estimate of drug-likeness (QED) is 0.377. The topological polar surface area (TPSA) is 106 Å². The van der Waals surface area contributed by atoms with Gasteiger partial charge in [-0.05, 0) is 60.7 Å². The fraction of sp³-hybridized carbons (Fsp3) is 0.308. The molecule has 4 rings (SSSR count). The van der Waals surface area contributed by atoms with E-state index in [1.54, 1.807) is 36.7 Å². The zero-order chi connectivity index (χ0) is 24.7. The fourth-order valence-electron chi connectivity index (χ4n) is 3.91. The summed E-state index contributed by atoms with van der Waals surface area (Å²) in [5.74, 6) is -0.442. The molecule has 3 aromatic rings. The summed E-state index contributed by atoms with van der Waals surface area (Å²) < 4.78 is 32.2. The van der Waals surface area contributed by atoms with Crippen molar-refractivity contribution < 1.29 is 23.0 Å². The van der Waals surface area contributed by atoms with E-state index in [0.717, 1.165) is 25.9 Å². The van der Waals surface area contributed by atoms with Crippen molar-refractivity contribution in [2.45, 2.75) is 36.5 Å². The molecule has 35 heavy (non-hydrogen) atoms. The minimum Gasteiger partial charge on any atom is -0.457 e. The van der Waals surface area contributed by atoms with Gasteiger partial charge < -0.3 is 15.1 Å². The van der Waals surface area contributed by atoms with Crippen LogP contribution >= 0.6 is 0 Å². The number of nitrogens with zero attached hydrogens (tertiary/aromatic N) is 1. The first-order valence-electron chi connectivity index (χ1n) is 11.7. The lowest BCUT2D eigenvalue weighted by molar-refractivity contribution is -0.124. The second-order valence-corrected chi connectivity index (χ2v) is 10.9. The number of rotatable bonds is 12. The number of carbonyl (C=O) groups excluding carboxylic acids is 1. The number of hydrogen-bond donors (Lipinski definition) is 2. The number of hydrogen-bond acceptors (Lipinski definition) is 6. The molecular formula is C26H28BN2O5S. The molecule has 1 saturated carbocycles. The number of ether oxygens (including phenoxy) is 1. The maximum Gasteiger partial charge on any atom is 0.311 e. The van der Waals surface area contributed by atoms with Gasteiger partial charge in [0.05, 0.1) is 16.6 Å². The Morgan fingerprint density at radius 1 is 1.03 bits per heavy atom. The van der Waals surface area contributed by atoms with Crippen LogP contribution in [-0.4, -0.2) is 43.5 Å². The van der Waals surface area contributed by atoms with E-state index in [-0.39, 0.29) is 23.0 Å². The van der Waals surface area contributed by atoms with E-state index in [1.807, 2.05) is 30.3 Å². The van der Waals surface area contributed by atoms with Crippen LogP contribution < -0.4 is 10.1 Å². The van der Waals surface area contributed by atoms with E-state index in [9.17, 15) is 18.2 Å². The van der Waals surface area contributed by atoms with E-state index >= 15 is 0 Å². The van der Waals surface area contributed by atoms with Gasteiger partial charge in [0.1, 0.15) is 11.5 Å². The number of pyridine rings is 1. The summed E-state index contributed by atoms with van der Waals surface area (Å²) in [6, 6.07) is 18.9. The molecule has 2 aromatic carbocycles. The van der Waals surface area contributed by atoms with Crippen molar-refractivity contribution in [1.29, 1.82) is 0 Å². The number of carbonyl (C=O) groups is 1. The lowest BCUT2D eigenvalue weighted by Gasteiger charge is -2.21. The molecule has 9 heteroatoms. The largest absolute Gasteiger partial charge is 0.457 e. The molecular weight excluding hydrogens is 463 g/mol. The van der Waals surface area contributed by atoms with Crippen LogP contribution in [0.15, 0.2) is 84.0 Å². The zero-order valence-corrected chi connectivity index (χ0v) is 20.1. The Morgan fingerprint density at radius 2 is 1.69 bits per heavy atom. The second-order valence-electron chi connectivity index (χ2n) is 8.87. The summed E-state index contributed by atoms with van der Waals surface area (Å²) in [5, 5.41) is 12.4. The van der Waals surface area contributed by atoms with Crippen molar-refractivity contribution in [1.82, 2.24) is 10.3 Å². The van der Waals surface area contributed by atoms with E-state index in [0.29, 0.717) is 23.8 Å².